The number of hydrogen-bond donors (Lipinski definition) is 1. The average Bonchev–Trinajstić information content (AvgIpc) is 2.36. The lowest BCUT2D eigenvalue weighted by Gasteiger charge is -2.06. The van der Waals surface area contributed by atoms with E-state index >= 15 is 0 Å². The molecule has 5 heteroatoms. The molecule has 0 unspecified atom stereocenters. The molecule has 2 rings (SSSR count). The van der Waals surface area contributed by atoms with E-state index < -0.39 is 17.6 Å². The molecule has 1 N–H and O–H groups in total. The summed E-state index contributed by atoms with van der Waals surface area (Å²) in [6, 6.07) is 9.57. The van der Waals surface area contributed by atoms with Crippen LogP contribution in [0.2, 0.25) is 0 Å². The molecule has 0 radical (unpaired) electrons. The number of carboxylic acids is 1. The van der Waals surface area contributed by atoms with Gasteiger partial charge in [0.15, 0.2) is 11.6 Å². The maximum absolute atomic E-state index is 13.0. The fourth-order valence-corrected chi connectivity index (χ4v) is 1.53. The van der Waals surface area contributed by atoms with E-state index in [2.05, 4.69) is 0 Å². The highest BCUT2D eigenvalue weighted by Gasteiger charge is 2.05. The minimum Gasteiger partial charge on any atom is -0.481 e. The van der Waals surface area contributed by atoms with E-state index in [1.54, 1.807) is 24.3 Å². The van der Waals surface area contributed by atoms with Crippen LogP contribution in [0.4, 0.5) is 8.78 Å². The van der Waals surface area contributed by atoms with E-state index in [0.717, 1.165) is 12.1 Å². The van der Waals surface area contributed by atoms with Crippen LogP contribution in [0.5, 0.6) is 11.5 Å². The Bertz CT molecular complexity index is 594. The third-order valence-electron chi connectivity index (χ3n) is 2.41. The van der Waals surface area contributed by atoms with Crippen molar-refractivity contribution in [2.75, 3.05) is 0 Å². The first-order valence-electron chi connectivity index (χ1n) is 5.48. The first-order valence-corrected chi connectivity index (χ1v) is 5.48. The van der Waals surface area contributed by atoms with Crippen molar-refractivity contribution in [3.05, 3.63) is 59.7 Å². The molecule has 0 saturated carbocycles. The van der Waals surface area contributed by atoms with Crippen molar-refractivity contribution in [1.82, 2.24) is 0 Å². The summed E-state index contributed by atoms with van der Waals surface area (Å²) in [5.41, 5.74) is 0.630. The van der Waals surface area contributed by atoms with Crippen molar-refractivity contribution in [2.24, 2.45) is 0 Å². The van der Waals surface area contributed by atoms with Crippen molar-refractivity contribution >= 4 is 5.97 Å². The quantitative estimate of drug-likeness (QED) is 0.920. The van der Waals surface area contributed by atoms with Crippen LogP contribution in [0, 0.1) is 11.6 Å². The standard InChI is InChI=1S/C14H10F2O3/c15-12-6-5-11(8-13(12)16)19-10-3-1-9(2-4-10)7-14(17)18/h1-6,8H,7H2,(H,17,18). The molecule has 0 spiro atoms. The van der Waals surface area contributed by atoms with Crippen LogP contribution in [-0.4, -0.2) is 11.1 Å². The van der Waals surface area contributed by atoms with Gasteiger partial charge in [-0.05, 0) is 29.8 Å². The molecule has 19 heavy (non-hydrogen) atoms. The van der Waals surface area contributed by atoms with Gasteiger partial charge in [-0.3, -0.25) is 4.79 Å². The number of hydrogen-bond acceptors (Lipinski definition) is 2. The molecule has 0 amide bonds. The number of benzene rings is 2. The van der Waals surface area contributed by atoms with Gasteiger partial charge in [0.2, 0.25) is 0 Å². The van der Waals surface area contributed by atoms with Gasteiger partial charge in [0.25, 0.3) is 0 Å². The average molecular weight is 264 g/mol. The molecule has 0 saturated heterocycles. The van der Waals surface area contributed by atoms with Gasteiger partial charge in [-0.1, -0.05) is 12.1 Å². The van der Waals surface area contributed by atoms with Gasteiger partial charge in [-0.25, -0.2) is 8.78 Å². The van der Waals surface area contributed by atoms with Gasteiger partial charge in [0.05, 0.1) is 6.42 Å². The van der Waals surface area contributed by atoms with E-state index in [-0.39, 0.29) is 12.2 Å². The zero-order chi connectivity index (χ0) is 13.8. The number of halogens is 2. The Hall–Kier alpha value is -2.43. The van der Waals surface area contributed by atoms with Crippen molar-refractivity contribution in [3.8, 4) is 11.5 Å². The Morgan fingerprint density at radius 1 is 1.00 bits per heavy atom. The number of aliphatic carboxylic acids is 1. The second-order valence-electron chi connectivity index (χ2n) is 3.89. The lowest BCUT2D eigenvalue weighted by atomic mass is 10.1. The fraction of sp³-hybridized carbons (Fsp3) is 0.0714. The molecule has 2 aromatic carbocycles. The van der Waals surface area contributed by atoms with Crippen LogP contribution < -0.4 is 4.74 Å². The predicted octanol–water partition coefficient (Wildman–Crippen LogP) is 3.38. The number of carbonyl (C=O) groups is 1. The van der Waals surface area contributed by atoms with Gasteiger partial charge in [-0.2, -0.15) is 0 Å². The summed E-state index contributed by atoms with van der Waals surface area (Å²) in [7, 11) is 0. The van der Waals surface area contributed by atoms with Crippen LogP contribution in [0.3, 0.4) is 0 Å². The molecular weight excluding hydrogens is 254 g/mol. The smallest absolute Gasteiger partial charge is 0.307 e. The molecule has 0 aliphatic carbocycles. The normalized spacial score (nSPS) is 10.2. The van der Waals surface area contributed by atoms with Crippen molar-refractivity contribution in [1.29, 1.82) is 0 Å². The van der Waals surface area contributed by atoms with E-state index in [0.29, 0.717) is 11.3 Å². The van der Waals surface area contributed by atoms with Gasteiger partial charge in [0, 0.05) is 6.07 Å². The summed E-state index contributed by atoms with van der Waals surface area (Å²) < 4.78 is 31.0. The fourth-order valence-electron chi connectivity index (χ4n) is 1.53. The maximum Gasteiger partial charge on any atom is 0.307 e. The zero-order valence-electron chi connectivity index (χ0n) is 9.77. The van der Waals surface area contributed by atoms with Crippen molar-refractivity contribution < 1.29 is 23.4 Å². The number of carboxylic acid groups (broad SMARTS) is 1. The van der Waals surface area contributed by atoms with Gasteiger partial charge in [-0.15, -0.1) is 0 Å². The zero-order valence-corrected chi connectivity index (χ0v) is 9.77. The number of ether oxygens (including phenoxy) is 1. The van der Waals surface area contributed by atoms with Crippen LogP contribution in [0.25, 0.3) is 0 Å². The summed E-state index contributed by atoms with van der Waals surface area (Å²) in [4.78, 5) is 10.5. The molecular formula is C14H10F2O3. The highest BCUT2D eigenvalue weighted by molar-refractivity contribution is 5.70. The largest absolute Gasteiger partial charge is 0.481 e. The van der Waals surface area contributed by atoms with E-state index in [4.69, 9.17) is 9.84 Å². The Kier molecular flexibility index (Phi) is 3.75. The Morgan fingerprint density at radius 3 is 2.21 bits per heavy atom. The summed E-state index contributed by atoms with van der Waals surface area (Å²) >= 11 is 0. The predicted molar refractivity (Wildman–Crippen MR) is 64.2 cm³/mol. The highest BCUT2D eigenvalue weighted by Crippen LogP contribution is 2.23. The second-order valence-corrected chi connectivity index (χ2v) is 3.89. The van der Waals surface area contributed by atoms with E-state index in [1.165, 1.54) is 6.07 Å². The molecule has 0 aliphatic rings. The first-order chi connectivity index (χ1) is 9.04. The Balaban J connectivity index is 2.10. The molecule has 0 atom stereocenters. The van der Waals surface area contributed by atoms with Crippen LogP contribution >= 0.6 is 0 Å². The third kappa shape index (κ3) is 3.51. The third-order valence-corrected chi connectivity index (χ3v) is 2.41. The van der Waals surface area contributed by atoms with E-state index in [1.807, 2.05) is 0 Å². The van der Waals surface area contributed by atoms with Crippen molar-refractivity contribution in [3.63, 3.8) is 0 Å². The molecule has 98 valence electrons. The Labute approximate surface area is 108 Å². The summed E-state index contributed by atoms with van der Waals surface area (Å²) in [5.74, 6) is -2.26. The van der Waals surface area contributed by atoms with Gasteiger partial charge in [0.1, 0.15) is 11.5 Å². The maximum atomic E-state index is 13.0. The SMILES string of the molecule is O=C(O)Cc1ccc(Oc2ccc(F)c(F)c2)cc1. The monoisotopic (exact) mass is 264 g/mol. The summed E-state index contributed by atoms with van der Waals surface area (Å²) in [6.45, 7) is 0. The van der Waals surface area contributed by atoms with Gasteiger partial charge >= 0.3 is 5.97 Å². The molecule has 0 heterocycles. The minimum atomic E-state index is -0.986. The minimum absolute atomic E-state index is 0.0779. The topological polar surface area (TPSA) is 46.5 Å². The lowest BCUT2D eigenvalue weighted by Crippen LogP contribution is -1.99. The first kappa shape index (κ1) is 13.0. The molecule has 0 aliphatic heterocycles. The molecule has 0 aromatic heterocycles. The Morgan fingerprint density at radius 2 is 1.63 bits per heavy atom. The molecule has 0 bridgehead atoms. The molecule has 2 aromatic rings. The molecule has 3 nitrogen and oxygen atoms in total. The van der Waals surface area contributed by atoms with Crippen LogP contribution in [0.15, 0.2) is 42.5 Å². The number of rotatable bonds is 4. The van der Waals surface area contributed by atoms with Crippen LogP contribution in [-0.2, 0) is 11.2 Å². The van der Waals surface area contributed by atoms with E-state index in [9.17, 15) is 13.6 Å². The highest BCUT2D eigenvalue weighted by atomic mass is 19.2. The summed E-state index contributed by atoms with van der Waals surface area (Å²) in [5, 5.41) is 8.62. The summed E-state index contributed by atoms with van der Waals surface area (Å²) in [6.07, 6.45) is -0.0779. The van der Waals surface area contributed by atoms with Crippen LogP contribution in [0.1, 0.15) is 5.56 Å². The van der Waals surface area contributed by atoms with Crippen molar-refractivity contribution in [2.45, 2.75) is 6.42 Å². The lowest BCUT2D eigenvalue weighted by molar-refractivity contribution is -0.136. The second kappa shape index (κ2) is 5.48. The van der Waals surface area contributed by atoms with Gasteiger partial charge < -0.3 is 9.84 Å². The molecule has 0 fully saturated rings.